The maximum atomic E-state index is 13.4. The van der Waals surface area contributed by atoms with Gasteiger partial charge in [0.2, 0.25) is 5.91 Å². The van der Waals surface area contributed by atoms with Crippen molar-refractivity contribution in [3.63, 3.8) is 0 Å². The van der Waals surface area contributed by atoms with Gasteiger partial charge in [-0.3, -0.25) is 14.4 Å². The molecule has 0 saturated carbocycles. The van der Waals surface area contributed by atoms with Crippen LogP contribution in [0.4, 0.5) is 11.4 Å². The van der Waals surface area contributed by atoms with Gasteiger partial charge in [0.05, 0.1) is 12.9 Å². The van der Waals surface area contributed by atoms with E-state index in [0.717, 1.165) is 16.1 Å². The second-order valence-electron chi connectivity index (χ2n) is 8.84. The van der Waals surface area contributed by atoms with Gasteiger partial charge in [-0.15, -0.1) is 11.8 Å². The van der Waals surface area contributed by atoms with E-state index in [2.05, 4.69) is 16.0 Å². The van der Waals surface area contributed by atoms with Gasteiger partial charge < -0.3 is 20.7 Å². The quantitative estimate of drug-likeness (QED) is 0.162. The number of amides is 3. The Morgan fingerprint density at radius 3 is 2.27 bits per heavy atom. The minimum Gasteiger partial charge on any atom is -0.497 e. The predicted molar refractivity (Wildman–Crippen MR) is 160 cm³/mol. The van der Waals surface area contributed by atoms with Crippen LogP contribution in [0.1, 0.15) is 21.5 Å². The Hall–Kier alpha value is -4.82. The van der Waals surface area contributed by atoms with Crippen molar-refractivity contribution in [1.29, 1.82) is 0 Å². The summed E-state index contributed by atoms with van der Waals surface area (Å²) in [7, 11) is 1.56. The Labute approximate surface area is 237 Å². The molecule has 0 unspecified atom stereocenters. The first-order valence-corrected chi connectivity index (χ1v) is 13.5. The molecule has 7 nitrogen and oxygen atoms in total. The number of methoxy groups -OCH3 is 1. The van der Waals surface area contributed by atoms with Crippen LogP contribution in [-0.2, 0) is 9.59 Å². The normalized spacial score (nSPS) is 10.9. The molecule has 0 aliphatic heterocycles. The molecule has 40 heavy (non-hydrogen) atoms. The molecular weight excluding hydrogens is 522 g/mol. The van der Waals surface area contributed by atoms with Gasteiger partial charge in [-0.2, -0.15) is 0 Å². The summed E-state index contributed by atoms with van der Waals surface area (Å²) in [6.07, 6.45) is 1.59. The Morgan fingerprint density at radius 2 is 1.52 bits per heavy atom. The number of nitrogens with one attached hydrogen (secondary N) is 3. The molecular formula is C32H29N3O4S. The average molecular weight is 552 g/mol. The van der Waals surface area contributed by atoms with Gasteiger partial charge in [-0.05, 0) is 78.7 Å². The Bertz CT molecular complexity index is 1540. The Morgan fingerprint density at radius 1 is 0.800 bits per heavy atom. The van der Waals surface area contributed by atoms with Crippen LogP contribution in [-0.4, -0.2) is 30.6 Å². The average Bonchev–Trinajstić information content (AvgIpc) is 2.96. The van der Waals surface area contributed by atoms with Crippen LogP contribution < -0.4 is 20.7 Å². The summed E-state index contributed by atoms with van der Waals surface area (Å²) in [5.74, 6) is -0.198. The van der Waals surface area contributed by atoms with E-state index in [0.29, 0.717) is 22.6 Å². The molecule has 0 aromatic heterocycles. The monoisotopic (exact) mass is 551 g/mol. The topological polar surface area (TPSA) is 96.5 Å². The van der Waals surface area contributed by atoms with Gasteiger partial charge in [0.25, 0.3) is 11.8 Å². The summed E-state index contributed by atoms with van der Waals surface area (Å²) in [5, 5.41) is 8.48. The zero-order valence-electron chi connectivity index (χ0n) is 22.1. The lowest BCUT2D eigenvalue weighted by Crippen LogP contribution is -2.30. The van der Waals surface area contributed by atoms with E-state index in [9.17, 15) is 14.4 Å². The van der Waals surface area contributed by atoms with Crippen LogP contribution in [0.5, 0.6) is 5.75 Å². The van der Waals surface area contributed by atoms with Gasteiger partial charge in [-0.25, -0.2) is 0 Å². The molecule has 202 valence electrons. The number of carbonyl (C=O) groups excluding carboxylic acids is 3. The molecule has 0 fully saturated rings. The smallest absolute Gasteiger partial charge is 0.272 e. The lowest BCUT2D eigenvalue weighted by molar-refractivity contribution is -0.114. The second-order valence-corrected chi connectivity index (χ2v) is 9.89. The summed E-state index contributed by atoms with van der Waals surface area (Å²) in [6.45, 7) is 1.97. The number of hydrogen-bond acceptors (Lipinski definition) is 5. The van der Waals surface area contributed by atoms with E-state index in [1.54, 1.807) is 73.8 Å². The van der Waals surface area contributed by atoms with Crippen LogP contribution in [0.3, 0.4) is 0 Å². The van der Waals surface area contributed by atoms with E-state index < -0.39 is 11.8 Å². The van der Waals surface area contributed by atoms with Crippen LogP contribution in [0.2, 0.25) is 0 Å². The highest BCUT2D eigenvalue weighted by Crippen LogP contribution is 2.23. The number of thioether (sulfide) groups is 1. The van der Waals surface area contributed by atoms with Crippen molar-refractivity contribution in [2.45, 2.75) is 11.8 Å². The first kappa shape index (κ1) is 28.2. The van der Waals surface area contributed by atoms with Gasteiger partial charge in [0.1, 0.15) is 11.4 Å². The zero-order valence-corrected chi connectivity index (χ0v) is 23.0. The lowest BCUT2D eigenvalue weighted by atomic mass is 10.1. The standard InChI is InChI=1S/C32H29N3O4S/c1-22-9-6-13-25(17-22)33-30(36)21-40-28-16-8-14-26(20-28)34-32(38)29(19-23-10-7-15-27(18-23)39-2)35-31(37)24-11-4-3-5-12-24/h3-20H,21H2,1-2H3,(H,33,36)(H,34,38)(H,35,37)/b29-19-. The minimum atomic E-state index is -0.494. The van der Waals surface area contributed by atoms with E-state index in [1.807, 2.05) is 49.4 Å². The van der Waals surface area contributed by atoms with Gasteiger partial charge in [0, 0.05) is 21.8 Å². The molecule has 3 N–H and O–H groups in total. The van der Waals surface area contributed by atoms with Gasteiger partial charge in [-0.1, -0.05) is 48.5 Å². The third-order valence-electron chi connectivity index (χ3n) is 5.70. The highest BCUT2D eigenvalue weighted by atomic mass is 32.2. The van der Waals surface area contributed by atoms with Crippen molar-refractivity contribution < 1.29 is 19.1 Å². The fourth-order valence-electron chi connectivity index (χ4n) is 3.77. The van der Waals surface area contributed by atoms with Crippen molar-refractivity contribution in [1.82, 2.24) is 5.32 Å². The van der Waals surface area contributed by atoms with Crippen molar-refractivity contribution >= 4 is 46.9 Å². The molecule has 0 heterocycles. The van der Waals surface area contributed by atoms with Crippen LogP contribution in [0, 0.1) is 6.92 Å². The summed E-state index contributed by atoms with van der Waals surface area (Å²) in [4.78, 5) is 39.5. The number of ether oxygens (including phenoxy) is 1. The third-order valence-corrected chi connectivity index (χ3v) is 6.69. The minimum absolute atomic E-state index is 0.0673. The van der Waals surface area contributed by atoms with Crippen LogP contribution >= 0.6 is 11.8 Å². The molecule has 0 bridgehead atoms. The van der Waals surface area contributed by atoms with E-state index in [1.165, 1.54) is 11.8 Å². The maximum Gasteiger partial charge on any atom is 0.272 e. The summed E-state index contributed by atoms with van der Waals surface area (Å²) < 4.78 is 5.29. The molecule has 0 atom stereocenters. The maximum absolute atomic E-state index is 13.4. The molecule has 4 rings (SSSR count). The molecule has 0 aliphatic carbocycles. The number of hydrogen-bond donors (Lipinski definition) is 3. The number of anilines is 2. The summed E-state index contributed by atoms with van der Waals surface area (Å²) in [6, 6.07) is 30.6. The fourth-order valence-corrected chi connectivity index (χ4v) is 4.53. The highest BCUT2D eigenvalue weighted by molar-refractivity contribution is 8.00. The number of carbonyl (C=O) groups is 3. The molecule has 4 aromatic carbocycles. The van der Waals surface area contributed by atoms with Crippen LogP contribution in [0.15, 0.2) is 114 Å². The molecule has 3 amide bonds. The van der Waals surface area contributed by atoms with Crippen molar-refractivity contribution in [3.8, 4) is 5.75 Å². The van der Waals surface area contributed by atoms with Gasteiger partial charge in [0.15, 0.2) is 0 Å². The number of benzene rings is 4. The first-order chi connectivity index (χ1) is 19.4. The van der Waals surface area contributed by atoms with Crippen molar-refractivity contribution in [3.05, 3.63) is 126 Å². The predicted octanol–water partition coefficient (Wildman–Crippen LogP) is 6.14. The lowest BCUT2D eigenvalue weighted by Gasteiger charge is -2.12. The number of rotatable bonds is 10. The zero-order chi connectivity index (χ0) is 28.3. The Balaban J connectivity index is 1.46. The Kier molecular flexibility index (Phi) is 9.74. The number of aryl methyl sites for hydroxylation is 1. The SMILES string of the molecule is COc1cccc(/C=C(\NC(=O)c2ccccc2)C(=O)Nc2cccc(SCC(=O)Nc3cccc(C)c3)c2)c1. The van der Waals surface area contributed by atoms with E-state index in [4.69, 9.17) is 4.74 Å². The van der Waals surface area contributed by atoms with Gasteiger partial charge >= 0.3 is 0 Å². The molecule has 4 aromatic rings. The van der Waals surface area contributed by atoms with E-state index >= 15 is 0 Å². The molecule has 0 radical (unpaired) electrons. The van der Waals surface area contributed by atoms with Crippen molar-refractivity contribution in [2.24, 2.45) is 0 Å². The molecule has 0 spiro atoms. The molecule has 8 heteroatoms. The van der Waals surface area contributed by atoms with E-state index in [-0.39, 0.29) is 17.4 Å². The van der Waals surface area contributed by atoms with Crippen LogP contribution in [0.25, 0.3) is 6.08 Å². The van der Waals surface area contributed by atoms with Crippen molar-refractivity contribution in [2.75, 3.05) is 23.5 Å². The fraction of sp³-hybridized carbons (Fsp3) is 0.0938. The highest BCUT2D eigenvalue weighted by Gasteiger charge is 2.16. The molecule has 0 saturated heterocycles. The summed E-state index contributed by atoms with van der Waals surface area (Å²) >= 11 is 1.35. The second kappa shape index (κ2) is 13.8. The third kappa shape index (κ3) is 8.34. The largest absolute Gasteiger partial charge is 0.497 e. The first-order valence-electron chi connectivity index (χ1n) is 12.5. The summed E-state index contributed by atoms with van der Waals surface area (Å²) in [5.41, 5.74) is 3.52. The molecule has 0 aliphatic rings.